The van der Waals surface area contributed by atoms with E-state index in [1.165, 1.54) is 18.2 Å². The highest BCUT2D eigenvalue weighted by Gasteiger charge is 2.49. The van der Waals surface area contributed by atoms with Gasteiger partial charge >= 0.3 is 0 Å². The van der Waals surface area contributed by atoms with E-state index in [2.05, 4.69) is 20.1 Å². The Labute approximate surface area is 236 Å². The van der Waals surface area contributed by atoms with Crippen molar-refractivity contribution in [1.29, 1.82) is 0 Å². The maximum Gasteiger partial charge on any atom is 0.202 e. The first-order valence-electron chi connectivity index (χ1n) is 12.7. The third-order valence-corrected chi connectivity index (χ3v) is 7.90. The van der Waals surface area contributed by atoms with Crippen molar-refractivity contribution in [2.75, 3.05) is 6.54 Å². The van der Waals surface area contributed by atoms with Crippen molar-refractivity contribution in [1.82, 2.24) is 0 Å². The van der Waals surface area contributed by atoms with Gasteiger partial charge in [-0.3, -0.25) is 14.4 Å². The van der Waals surface area contributed by atoms with Crippen molar-refractivity contribution in [3.05, 3.63) is 72.5 Å². The topological polar surface area (TPSA) is 268 Å². The second-order valence-electron chi connectivity index (χ2n) is 10.3. The van der Waals surface area contributed by atoms with Crippen molar-refractivity contribution in [3.8, 4) is 17.2 Å². The van der Waals surface area contributed by atoms with Crippen LogP contribution in [-0.4, -0.2) is 79.6 Å². The van der Waals surface area contributed by atoms with Crippen LogP contribution in [0.4, 0.5) is 0 Å². The smallest absolute Gasteiger partial charge is 0.202 e. The summed E-state index contributed by atoms with van der Waals surface area (Å²) in [5.41, 5.74) is 13.3. The Hall–Kier alpha value is -4.69. The fourth-order valence-electron chi connectivity index (χ4n) is 5.78. The van der Waals surface area contributed by atoms with E-state index in [0.717, 1.165) is 6.92 Å². The molecule has 42 heavy (non-hydrogen) atoms. The molecule has 1 fully saturated rings. The molecule has 16 nitrogen and oxygen atoms in total. The normalized spacial score (nSPS) is 28.0. The van der Waals surface area contributed by atoms with Crippen LogP contribution in [0.3, 0.4) is 0 Å². The van der Waals surface area contributed by atoms with E-state index in [9.17, 15) is 39.9 Å². The summed E-state index contributed by atoms with van der Waals surface area (Å²) in [5, 5.41) is 61.8. The summed E-state index contributed by atoms with van der Waals surface area (Å²) in [5.74, 6) is -4.59. The van der Waals surface area contributed by atoms with E-state index >= 15 is 0 Å². The predicted molar refractivity (Wildman–Crippen MR) is 139 cm³/mol. The van der Waals surface area contributed by atoms with Gasteiger partial charge in [-0.1, -0.05) is 22.4 Å². The summed E-state index contributed by atoms with van der Waals surface area (Å²) in [7, 11) is 0. The van der Waals surface area contributed by atoms with Gasteiger partial charge in [0.1, 0.15) is 22.8 Å². The minimum absolute atomic E-state index is 0.209. The Morgan fingerprint density at radius 3 is 2.50 bits per heavy atom. The van der Waals surface area contributed by atoms with Crippen LogP contribution in [-0.2, 0) is 20.7 Å². The van der Waals surface area contributed by atoms with Crippen LogP contribution < -0.4 is 0 Å². The molecule has 5 N–H and O–H groups in total. The van der Waals surface area contributed by atoms with E-state index in [1.54, 1.807) is 0 Å². The number of rotatable bonds is 6. The molecule has 2 aliphatic carbocycles. The lowest BCUT2D eigenvalue weighted by Gasteiger charge is -2.42. The summed E-state index contributed by atoms with van der Waals surface area (Å²) < 4.78 is 11.8. The number of hydrogen-bond donors (Lipinski definition) is 5. The zero-order chi connectivity index (χ0) is 30.5. The zero-order valence-electron chi connectivity index (χ0n) is 21.9. The molecule has 2 aromatic rings. The number of phenolic OH excluding ortho intramolecular Hbond substituents is 3. The Balaban J connectivity index is 1.64. The van der Waals surface area contributed by atoms with E-state index in [-0.39, 0.29) is 35.2 Å². The number of hydrogen-bond acceptors (Lipinski definition) is 12. The number of carbonyl (C=O) groups excluding carboxylic acids is 3. The number of nitrogens with zero attached hydrogens (tertiary/aromatic N) is 6. The molecule has 218 valence electrons. The monoisotopic (exact) mass is 580 g/mol. The van der Waals surface area contributed by atoms with Gasteiger partial charge in [0.05, 0.1) is 47.6 Å². The van der Waals surface area contributed by atoms with Gasteiger partial charge in [0.2, 0.25) is 5.78 Å². The van der Waals surface area contributed by atoms with Gasteiger partial charge in [-0.05, 0) is 24.1 Å². The molecule has 0 saturated carbocycles. The number of ether oxygens (including phenoxy) is 2. The standard InChI is InChI=1S/C26H24N6O10/c1-9(33)26(40)6-11-18(14(7-26)41-16-5-12(30-32-28)23(37)15(42-16)8-29-31-27)25(39)20-19(22(11)36)21(35)10-3-2-4-13(34)17(10)24(20)38/h2-4,12,14-16,23,34,36-37,39-40H,5-8H2,1H3. The quantitative estimate of drug-likeness (QED) is 0.123. The number of aromatic hydroxyl groups is 3. The predicted octanol–water partition coefficient (Wildman–Crippen LogP) is 2.37. The molecule has 5 rings (SSSR count). The van der Waals surface area contributed by atoms with Gasteiger partial charge in [-0.2, -0.15) is 0 Å². The fourth-order valence-corrected chi connectivity index (χ4v) is 5.78. The van der Waals surface area contributed by atoms with Gasteiger partial charge < -0.3 is 35.0 Å². The Bertz CT molecular complexity index is 1630. The van der Waals surface area contributed by atoms with Crippen LogP contribution in [0, 0.1) is 0 Å². The fraction of sp³-hybridized carbons (Fsp3) is 0.423. The average Bonchev–Trinajstić information content (AvgIpc) is 2.94. The first-order chi connectivity index (χ1) is 19.9. The highest BCUT2D eigenvalue weighted by molar-refractivity contribution is 6.31. The largest absolute Gasteiger partial charge is 0.507 e. The molecule has 0 spiro atoms. The number of carbonyl (C=O) groups is 3. The molecule has 2 aromatic carbocycles. The number of azide groups is 2. The lowest BCUT2D eigenvalue weighted by Crippen LogP contribution is -2.51. The molecular weight excluding hydrogens is 556 g/mol. The lowest BCUT2D eigenvalue weighted by molar-refractivity contribution is -0.248. The van der Waals surface area contributed by atoms with Crippen LogP contribution in [0.15, 0.2) is 28.4 Å². The van der Waals surface area contributed by atoms with E-state index in [0.29, 0.717) is 0 Å². The van der Waals surface area contributed by atoms with Crippen LogP contribution in [0.1, 0.15) is 68.8 Å². The minimum atomic E-state index is -2.14. The summed E-state index contributed by atoms with van der Waals surface area (Å²) in [6, 6.07) is 2.68. The lowest BCUT2D eigenvalue weighted by atomic mass is 9.72. The molecule has 0 radical (unpaired) electrons. The second-order valence-corrected chi connectivity index (χ2v) is 10.3. The molecule has 16 heteroatoms. The molecule has 1 saturated heterocycles. The van der Waals surface area contributed by atoms with Crippen LogP contribution in [0.25, 0.3) is 20.9 Å². The third kappa shape index (κ3) is 4.48. The summed E-state index contributed by atoms with van der Waals surface area (Å²) in [4.78, 5) is 44.8. The molecule has 1 aliphatic heterocycles. The number of aliphatic hydroxyl groups is 2. The van der Waals surface area contributed by atoms with Crippen LogP contribution in [0.5, 0.6) is 17.2 Å². The molecule has 3 aliphatic rings. The third-order valence-electron chi connectivity index (χ3n) is 7.90. The van der Waals surface area contributed by atoms with Crippen molar-refractivity contribution in [3.63, 3.8) is 0 Å². The SMILES string of the molecule is CC(=O)C1(O)Cc2c(O)c3c(c(O)c2C(OC2CC(N=[N+]=[N-])C(O)C(CN=[N+]=[N-])O2)C1)C(=O)c1c(O)cccc1C3=O. The first kappa shape index (κ1) is 28.8. The van der Waals surface area contributed by atoms with Crippen molar-refractivity contribution in [2.45, 2.75) is 62.4 Å². The molecule has 6 atom stereocenters. The van der Waals surface area contributed by atoms with Gasteiger partial charge in [0.15, 0.2) is 17.9 Å². The summed E-state index contributed by atoms with van der Waals surface area (Å²) >= 11 is 0. The van der Waals surface area contributed by atoms with E-state index < -0.39 is 94.8 Å². The maximum absolute atomic E-state index is 13.5. The molecule has 1 heterocycles. The van der Waals surface area contributed by atoms with Crippen molar-refractivity contribution >= 4 is 17.3 Å². The number of phenols is 3. The summed E-state index contributed by atoms with van der Waals surface area (Å²) in [6.07, 6.45) is -6.59. The van der Waals surface area contributed by atoms with E-state index in [1.807, 2.05) is 0 Å². The molecule has 0 amide bonds. The van der Waals surface area contributed by atoms with E-state index in [4.69, 9.17) is 20.5 Å². The maximum atomic E-state index is 13.5. The summed E-state index contributed by atoms with van der Waals surface area (Å²) in [6.45, 7) is 0.735. The van der Waals surface area contributed by atoms with Crippen LogP contribution >= 0.6 is 0 Å². The van der Waals surface area contributed by atoms with Crippen molar-refractivity contribution in [2.24, 2.45) is 10.2 Å². The molecular formula is C26H24N6O10. The van der Waals surface area contributed by atoms with Crippen LogP contribution in [0.2, 0.25) is 0 Å². The van der Waals surface area contributed by atoms with Gasteiger partial charge in [-0.25, -0.2) is 0 Å². The molecule has 0 aromatic heterocycles. The number of aliphatic hydroxyl groups excluding tert-OH is 1. The Morgan fingerprint density at radius 2 is 1.83 bits per heavy atom. The van der Waals surface area contributed by atoms with Gasteiger partial charge in [-0.15, -0.1) is 0 Å². The number of fused-ring (bicyclic) bond motifs is 3. The van der Waals surface area contributed by atoms with Gasteiger partial charge in [0, 0.05) is 45.8 Å². The highest BCUT2D eigenvalue weighted by Crippen LogP contribution is 2.52. The number of Topliss-reactive ketones (excluding diaryl/α,β-unsaturated/α-hetero) is 1. The second kappa shape index (κ2) is 10.6. The molecule has 0 bridgehead atoms. The zero-order valence-corrected chi connectivity index (χ0v) is 21.9. The van der Waals surface area contributed by atoms with Gasteiger partial charge in [0.25, 0.3) is 0 Å². The Morgan fingerprint density at radius 1 is 1.12 bits per heavy atom. The van der Waals surface area contributed by atoms with Crippen molar-refractivity contribution < 1.29 is 49.4 Å². The average molecular weight is 581 g/mol. The highest BCUT2D eigenvalue weighted by atomic mass is 16.7. The number of ketones is 3. The minimum Gasteiger partial charge on any atom is -0.507 e. The molecule has 6 unspecified atom stereocenters. The first-order valence-corrected chi connectivity index (χ1v) is 12.7. The Kier molecular flexibility index (Phi) is 7.28. The number of benzene rings is 2.